The van der Waals surface area contributed by atoms with Gasteiger partial charge in [-0.15, -0.1) is 0 Å². The van der Waals surface area contributed by atoms with Crippen molar-refractivity contribution in [3.63, 3.8) is 0 Å². The van der Waals surface area contributed by atoms with E-state index in [9.17, 15) is 31.2 Å². The summed E-state index contributed by atoms with van der Waals surface area (Å²) in [6.45, 7) is -1.60. The Balaban J connectivity index is 2.57. The van der Waals surface area contributed by atoms with Gasteiger partial charge in [-0.2, -0.15) is 17.2 Å². The maximum absolute atomic E-state index is 12.9. The number of nitrogens with one attached hydrogen (secondary N) is 1. The van der Waals surface area contributed by atoms with Crippen molar-refractivity contribution < 1.29 is 40.5 Å². The number of hydrogen-bond acceptors (Lipinski definition) is 5. The van der Waals surface area contributed by atoms with Crippen LogP contribution < -0.4 is 5.32 Å². The van der Waals surface area contributed by atoms with Crippen molar-refractivity contribution in [2.75, 3.05) is 19.7 Å². The third kappa shape index (κ3) is 3.26. The van der Waals surface area contributed by atoms with Crippen molar-refractivity contribution in [3.8, 4) is 0 Å². The molecule has 0 aromatic rings. The normalized spacial score (nSPS) is 18.1. The van der Waals surface area contributed by atoms with Gasteiger partial charge in [0.25, 0.3) is 0 Å². The van der Waals surface area contributed by atoms with Crippen LogP contribution in [0, 0.1) is 0 Å². The van der Waals surface area contributed by atoms with E-state index in [1.165, 1.54) is 0 Å². The summed E-state index contributed by atoms with van der Waals surface area (Å²) >= 11 is 0. The zero-order valence-electron chi connectivity index (χ0n) is 9.18. The number of rotatable bonds is 4. The van der Waals surface area contributed by atoms with Crippen molar-refractivity contribution in [2.45, 2.75) is 11.4 Å². The average molecular weight is 306 g/mol. The number of carbonyl (C=O) groups is 2. The summed E-state index contributed by atoms with van der Waals surface area (Å²) in [7, 11) is -5.97. The number of imide groups is 1. The number of urea groups is 1. The van der Waals surface area contributed by atoms with Gasteiger partial charge in [0.2, 0.25) is 6.17 Å². The van der Waals surface area contributed by atoms with Gasteiger partial charge in [0, 0.05) is 6.54 Å². The molecule has 3 amide bonds. The quantitative estimate of drug-likeness (QED) is 0.705. The zero-order chi connectivity index (χ0) is 14.8. The molecule has 1 aliphatic heterocycles. The minimum absolute atomic E-state index is 0.0939. The molecule has 1 rings (SSSR count). The number of carbonyl (C=O) groups excluding carboxylic acids is 2. The van der Waals surface area contributed by atoms with E-state index in [0.29, 0.717) is 4.90 Å². The fourth-order valence-corrected chi connectivity index (χ4v) is 1.52. The Hall–Kier alpha value is -1.56. The van der Waals surface area contributed by atoms with E-state index in [-0.39, 0.29) is 13.1 Å². The van der Waals surface area contributed by atoms with Crippen LogP contribution in [0.25, 0.3) is 0 Å². The average Bonchev–Trinajstić information content (AvgIpc) is 2.70. The van der Waals surface area contributed by atoms with Crippen LogP contribution in [0.15, 0.2) is 0 Å². The molecule has 1 aliphatic rings. The predicted octanol–water partition coefficient (Wildman–Crippen LogP) is -0.0331. The fraction of sp³-hybridized carbons (Fsp3) is 0.714. The van der Waals surface area contributed by atoms with E-state index in [4.69, 9.17) is 4.55 Å². The lowest BCUT2D eigenvalue weighted by Gasteiger charge is -2.18. The molecule has 1 atom stereocenters. The third-order valence-electron chi connectivity index (χ3n) is 2.14. The Morgan fingerprint density at radius 3 is 2.58 bits per heavy atom. The van der Waals surface area contributed by atoms with Crippen molar-refractivity contribution in [2.24, 2.45) is 0 Å². The van der Waals surface area contributed by atoms with E-state index in [2.05, 4.69) is 10.1 Å². The Morgan fingerprint density at radius 2 is 2.16 bits per heavy atom. The summed E-state index contributed by atoms with van der Waals surface area (Å²) in [5.74, 6) is 0. The van der Waals surface area contributed by atoms with Gasteiger partial charge >= 0.3 is 27.5 Å². The second-order valence-corrected chi connectivity index (χ2v) is 4.96. The van der Waals surface area contributed by atoms with Gasteiger partial charge in [0.15, 0.2) is 0 Å². The molecule has 8 nitrogen and oxygen atoms in total. The zero-order valence-corrected chi connectivity index (χ0v) is 9.99. The van der Waals surface area contributed by atoms with Gasteiger partial charge in [-0.05, 0) is 0 Å². The number of ether oxygens (including phenoxy) is 1. The highest BCUT2D eigenvalue weighted by molar-refractivity contribution is 7.86. The minimum Gasteiger partial charge on any atom is -0.446 e. The summed E-state index contributed by atoms with van der Waals surface area (Å²) in [5, 5.41) is -2.91. The summed E-state index contributed by atoms with van der Waals surface area (Å²) in [5.41, 5.74) is 0. The van der Waals surface area contributed by atoms with E-state index >= 15 is 0 Å². The van der Waals surface area contributed by atoms with Crippen LogP contribution in [-0.2, 0) is 14.9 Å². The molecule has 1 saturated heterocycles. The topological polar surface area (TPSA) is 113 Å². The number of halogens is 3. The smallest absolute Gasteiger partial charge is 0.418 e. The molecule has 0 saturated carbocycles. The standard InChI is InChI=1S/C7H9F3N2O6S/c8-4(7(9,10)19(15,16)17)3-18-6(14)12-2-1-11-5(12)13/h4H,1-3H2,(H,11,13)(H,15,16,17). The van der Waals surface area contributed by atoms with E-state index in [1.54, 1.807) is 0 Å². The van der Waals surface area contributed by atoms with Gasteiger partial charge in [-0.25, -0.2) is 18.9 Å². The van der Waals surface area contributed by atoms with E-state index < -0.39 is 40.3 Å². The lowest BCUT2D eigenvalue weighted by atomic mass is 10.4. The first-order valence-electron chi connectivity index (χ1n) is 4.78. The Bertz CT molecular complexity index is 481. The highest BCUT2D eigenvalue weighted by Crippen LogP contribution is 2.27. The molecule has 19 heavy (non-hydrogen) atoms. The lowest BCUT2D eigenvalue weighted by molar-refractivity contribution is -0.0327. The van der Waals surface area contributed by atoms with Crippen LogP contribution >= 0.6 is 0 Å². The highest BCUT2D eigenvalue weighted by atomic mass is 32.2. The van der Waals surface area contributed by atoms with E-state index in [1.807, 2.05) is 0 Å². The number of amides is 3. The molecule has 1 unspecified atom stereocenters. The third-order valence-corrected chi connectivity index (χ3v) is 3.08. The van der Waals surface area contributed by atoms with Crippen molar-refractivity contribution in [1.29, 1.82) is 0 Å². The van der Waals surface area contributed by atoms with Crippen LogP contribution in [0.2, 0.25) is 0 Å². The SMILES string of the molecule is O=C1NCCN1C(=O)OCC(F)C(F)(F)S(=O)(=O)O. The summed E-state index contributed by atoms with van der Waals surface area (Å²) in [6.07, 6.45) is -4.86. The molecule has 2 N–H and O–H groups in total. The van der Waals surface area contributed by atoms with Gasteiger partial charge in [0.05, 0.1) is 6.54 Å². The molecular formula is C7H9F3N2O6S. The van der Waals surface area contributed by atoms with Crippen LogP contribution in [-0.4, -0.2) is 61.1 Å². The maximum atomic E-state index is 12.9. The van der Waals surface area contributed by atoms with Crippen LogP contribution in [0.5, 0.6) is 0 Å². The van der Waals surface area contributed by atoms with Crippen molar-refractivity contribution in [1.82, 2.24) is 10.2 Å². The number of hydrogen-bond donors (Lipinski definition) is 2. The lowest BCUT2D eigenvalue weighted by Crippen LogP contribution is -2.43. The molecule has 1 fully saturated rings. The molecule has 0 radical (unpaired) electrons. The molecule has 0 aromatic heterocycles. The first kappa shape index (κ1) is 15.5. The molecule has 0 bridgehead atoms. The van der Waals surface area contributed by atoms with Crippen LogP contribution in [0.3, 0.4) is 0 Å². The van der Waals surface area contributed by atoms with Gasteiger partial charge in [0.1, 0.15) is 6.61 Å². The van der Waals surface area contributed by atoms with Gasteiger partial charge in [-0.3, -0.25) is 4.55 Å². The summed E-state index contributed by atoms with van der Waals surface area (Å²) in [6, 6.07) is -0.845. The molecule has 12 heteroatoms. The molecule has 110 valence electrons. The number of nitrogens with zero attached hydrogens (tertiary/aromatic N) is 1. The minimum atomic E-state index is -5.97. The predicted molar refractivity (Wildman–Crippen MR) is 52.8 cm³/mol. The first-order chi connectivity index (χ1) is 8.57. The van der Waals surface area contributed by atoms with Crippen molar-refractivity contribution >= 4 is 22.2 Å². The molecule has 0 spiro atoms. The first-order valence-corrected chi connectivity index (χ1v) is 6.22. The summed E-state index contributed by atoms with van der Waals surface area (Å²) < 4.78 is 70.9. The monoisotopic (exact) mass is 306 g/mol. The van der Waals surface area contributed by atoms with Crippen LogP contribution in [0.4, 0.5) is 22.8 Å². The maximum Gasteiger partial charge on any atom is 0.418 e. The van der Waals surface area contributed by atoms with Gasteiger partial charge < -0.3 is 10.1 Å². The molecule has 1 heterocycles. The molecule has 0 aromatic carbocycles. The number of alkyl halides is 3. The van der Waals surface area contributed by atoms with Gasteiger partial charge in [-0.1, -0.05) is 0 Å². The molecular weight excluding hydrogens is 297 g/mol. The Kier molecular flexibility index (Phi) is 4.25. The largest absolute Gasteiger partial charge is 0.446 e. The Morgan fingerprint density at radius 1 is 1.58 bits per heavy atom. The Labute approximate surface area is 105 Å². The second kappa shape index (κ2) is 5.21. The highest BCUT2D eigenvalue weighted by Gasteiger charge is 2.53. The summed E-state index contributed by atoms with van der Waals surface area (Å²) in [4.78, 5) is 22.6. The van der Waals surface area contributed by atoms with Crippen LogP contribution in [0.1, 0.15) is 0 Å². The van der Waals surface area contributed by atoms with Crippen molar-refractivity contribution in [3.05, 3.63) is 0 Å². The van der Waals surface area contributed by atoms with E-state index in [0.717, 1.165) is 0 Å². The second-order valence-electron chi connectivity index (χ2n) is 3.46. The molecule has 0 aliphatic carbocycles. The fourth-order valence-electron chi connectivity index (χ4n) is 1.13.